The zero-order chi connectivity index (χ0) is 15.0. The van der Waals surface area contributed by atoms with Gasteiger partial charge in [0.1, 0.15) is 0 Å². The highest BCUT2D eigenvalue weighted by Crippen LogP contribution is 2.18. The summed E-state index contributed by atoms with van der Waals surface area (Å²) in [5, 5.41) is 8.71. The molecule has 0 atom stereocenters. The van der Waals surface area contributed by atoms with E-state index in [1.807, 2.05) is 44.2 Å². The fraction of sp³-hybridized carbons (Fsp3) is 0.467. The summed E-state index contributed by atoms with van der Waals surface area (Å²) in [7, 11) is 0. The molecule has 1 rings (SSSR count). The minimum absolute atomic E-state index is 0.00422. The maximum Gasteiger partial charge on any atom is 0.305 e. The molecule has 0 unspecified atom stereocenters. The van der Waals surface area contributed by atoms with E-state index in [0.29, 0.717) is 12.2 Å². The maximum atomic E-state index is 12.1. The standard InChI is InChI=1S/C15H21NO3S/c1-12(2)16(10-8-15(18)19)14(17)9-11-20-13-6-4-3-5-7-13/h3-7,12H,8-11H2,1-2H3,(H,18,19). The number of carbonyl (C=O) groups is 2. The van der Waals surface area contributed by atoms with Gasteiger partial charge in [-0.25, -0.2) is 0 Å². The van der Waals surface area contributed by atoms with E-state index in [0.717, 1.165) is 4.90 Å². The van der Waals surface area contributed by atoms with Gasteiger partial charge in [-0.2, -0.15) is 0 Å². The summed E-state index contributed by atoms with van der Waals surface area (Å²) in [5.74, 6) is -0.147. The van der Waals surface area contributed by atoms with Crippen molar-refractivity contribution in [1.29, 1.82) is 0 Å². The van der Waals surface area contributed by atoms with Gasteiger partial charge in [-0.3, -0.25) is 9.59 Å². The molecule has 1 aromatic carbocycles. The van der Waals surface area contributed by atoms with Crippen molar-refractivity contribution >= 4 is 23.6 Å². The quantitative estimate of drug-likeness (QED) is 0.749. The van der Waals surface area contributed by atoms with E-state index >= 15 is 0 Å². The minimum atomic E-state index is -0.873. The molecule has 1 amide bonds. The van der Waals surface area contributed by atoms with Crippen LogP contribution in [0.4, 0.5) is 0 Å². The first-order valence-electron chi connectivity index (χ1n) is 6.70. The van der Waals surface area contributed by atoms with Gasteiger partial charge in [0.05, 0.1) is 6.42 Å². The number of nitrogens with zero attached hydrogens (tertiary/aromatic N) is 1. The van der Waals surface area contributed by atoms with Crippen molar-refractivity contribution in [2.24, 2.45) is 0 Å². The zero-order valence-electron chi connectivity index (χ0n) is 11.9. The molecule has 0 fully saturated rings. The van der Waals surface area contributed by atoms with Gasteiger partial charge in [-0.1, -0.05) is 18.2 Å². The van der Waals surface area contributed by atoms with Gasteiger partial charge < -0.3 is 10.0 Å². The molecule has 0 aliphatic heterocycles. The Kier molecular flexibility index (Phi) is 7.15. The van der Waals surface area contributed by atoms with Crippen LogP contribution in [0.15, 0.2) is 35.2 Å². The molecule has 0 aliphatic rings. The van der Waals surface area contributed by atoms with E-state index in [1.165, 1.54) is 0 Å². The first-order valence-corrected chi connectivity index (χ1v) is 7.68. The number of thioether (sulfide) groups is 1. The molecule has 0 aliphatic carbocycles. The molecule has 0 heterocycles. The molecular formula is C15H21NO3S. The Hall–Kier alpha value is -1.49. The molecule has 0 aromatic heterocycles. The molecule has 20 heavy (non-hydrogen) atoms. The molecule has 0 spiro atoms. The fourth-order valence-electron chi connectivity index (χ4n) is 1.80. The van der Waals surface area contributed by atoms with Crippen molar-refractivity contribution in [2.45, 2.75) is 37.6 Å². The zero-order valence-corrected chi connectivity index (χ0v) is 12.7. The number of carboxylic acids is 1. The van der Waals surface area contributed by atoms with Crippen LogP contribution in [-0.4, -0.2) is 40.2 Å². The lowest BCUT2D eigenvalue weighted by Gasteiger charge is -2.26. The van der Waals surface area contributed by atoms with Gasteiger partial charge in [0.2, 0.25) is 5.91 Å². The molecule has 1 aromatic rings. The van der Waals surface area contributed by atoms with Gasteiger partial charge in [-0.15, -0.1) is 11.8 Å². The Morgan fingerprint density at radius 3 is 2.40 bits per heavy atom. The second-order valence-electron chi connectivity index (χ2n) is 4.74. The van der Waals surface area contributed by atoms with E-state index < -0.39 is 5.97 Å². The highest BCUT2D eigenvalue weighted by Gasteiger charge is 2.17. The molecule has 4 nitrogen and oxygen atoms in total. The molecular weight excluding hydrogens is 274 g/mol. The van der Waals surface area contributed by atoms with Crippen molar-refractivity contribution in [2.75, 3.05) is 12.3 Å². The van der Waals surface area contributed by atoms with Crippen molar-refractivity contribution in [3.8, 4) is 0 Å². The van der Waals surface area contributed by atoms with Crippen LogP contribution in [0.3, 0.4) is 0 Å². The van der Waals surface area contributed by atoms with Crippen molar-refractivity contribution in [3.63, 3.8) is 0 Å². The van der Waals surface area contributed by atoms with Gasteiger partial charge >= 0.3 is 5.97 Å². The number of amides is 1. The first-order chi connectivity index (χ1) is 9.50. The third-order valence-electron chi connectivity index (χ3n) is 2.84. The van der Waals surface area contributed by atoms with Gasteiger partial charge in [0, 0.05) is 29.7 Å². The van der Waals surface area contributed by atoms with Crippen LogP contribution in [-0.2, 0) is 9.59 Å². The van der Waals surface area contributed by atoms with Crippen LogP contribution < -0.4 is 0 Å². The lowest BCUT2D eigenvalue weighted by atomic mass is 10.2. The second-order valence-corrected chi connectivity index (χ2v) is 5.90. The lowest BCUT2D eigenvalue weighted by Crippen LogP contribution is -2.38. The van der Waals surface area contributed by atoms with Crippen LogP contribution in [0.2, 0.25) is 0 Å². The van der Waals surface area contributed by atoms with Crippen LogP contribution in [0, 0.1) is 0 Å². The Morgan fingerprint density at radius 1 is 1.20 bits per heavy atom. The molecule has 0 bridgehead atoms. The average molecular weight is 295 g/mol. The summed E-state index contributed by atoms with van der Waals surface area (Å²) >= 11 is 1.64. The number of hydrogen-bond donors (Lipinski definition) is 1. The molecule has 0 saturated heterocycles. The van der Waals surface area contributed by atoms with Crippen molar-refractivity contribution in [1.82, 2.24) is 4.90 Å². The molecule has 0 radical (unpaired) electrons. The van der Waals surface area contributed by atoms with E-state index in [1.54, 1.807) is 16.7 Å². The number of carboxylic acid groups (broad SMARTS) is 1. The molecule has 110 valence electrons. The van der Waals surface area contributed by atoms with E-state index in [4.69, 9.17) is 5.11 Å². The molecule has 5 heteroatoms. The third-order valence-corrected chi connectivity index (χ3v) is 3.85. The Balaban J connectivity index is 2.40. The predicted octanol–water partition coefficient (Wildman–Crippen LogP) is 2.88. The van der Waals surface area contributed by atoms with Gasteiger partial charge in [-0.05, 0) is 26.0 Å². The van der Waals surface area contributed by atoms with E-state index in [2.05, 4.69) is 0 Å². The van der Waals surface area contributed by atoms with Crippen molar-refractivity contribution < 1.29 is 14.7 Å². The number of hydrogen-bond acceptors (Lipinski definition) is 3. The topological polar surface area (TPSA) is 57.6 Å². The van der Waals surface area contributed by atoms with Crippen LogP contribution >= 0.6 is 11.8 Å². The number of carbonyl (C=O) groups excluding carboxylic acids is 1. The minimum Gasteiger partial charge on any atom is -0.481 e. The smallest absolute Gasteiger partial charge is 0.305 e. The third kappa shape index (κ3) is 6.10. The number of rotatable bonds is 8. The molecule has 0 saturated carbocycles. The average Bonchev–Trinajstić information content (AvgIpc) is 2.39. The fourth-order valence-corrected chi connectivity index (χ4v) is 2.67. The Labute approximate surface area is 124 Å². The van der Waals surface area contributed by atoms with E-state index in [-0.39, 0.29) is 24.9 Å². The summed E-state index contributed by atoms with van der Waals surface area (Å²) in [6, 6.07) is 9.96. The summed E-state index contributed by atoms with van der Waals surface area (Å²) in [6.07, 6.45) is 0.424. The van der Waals surface area contributed by atoms with Crippen LogP contribution in [0.5, 0.6) is 0 Å². The summed E-state index contributed by atoms with van der Waals surface area (Å²) < 4.78 is 0. The monoisotopic (exact) mass is 295 g/mol. The lowest BCUT2D eigenvalue weighted by molar-refractivity contribution is -0.139. The normalized spacial score (nSPS) is 10.6. The largest absolute Gasteiger partial charge is 0.481 e. The van der Waals surface area contributed by atoms with E-state index in [9.17, 15) is 9.59 Å². The Morgan fingerprint density at radius 2 is 1.85 bits per heavy atom. The highest BCUT2D eigenvalue weighted by atomic mass is 32.2. The van der Waals surface area contributed by atoms with Crippen molar-refractivity contribution in [3.05, 3.63) is 30.3 Å². The Bertz CT molecular complexity index is 434. The number of benzene rings is 1. The van der Waals surface area contributed by atoms with Gasteiger partial charge in [0.25, 0.3) is 0 Å². The maximum absolute atomic E-state index is 12.1. The van der Waals surface area contributed by atoms with Crippen LogP contribution in [0.25, 0.3) is 0 Å². The second kappa shape index (κ2) is 8.64. The summed E-state index contributed by atoms with van der Waals surface area (Å²) in [4.78, 5) is 25.5. The van der Waals surface area contributed by atoms with Gasteiger partial charge in [0.15, 0.2) is 0 Å². The molecule has 1 N–H and O–H groups in total. The summed E-state index contributed by atoms with van der Waals surface area (Å²) in [5.41, 5.74) is 0. The predicted molar refractivity (Wildman–Crippen MR) is 80.9 cm³/mol. The SMILES string of the molecule is CC(C)N(CCC(=O)O)C(=O)CCSc1ccccc1. The highest BCUT2D eigenvalue weighted by molar-refractivity contribution is 7.99. The van der Waals surface area contributed by atoms with Crippen LogP contribution in [0.1, 0.15) is 26.7 Å². The first kappa shape index (κ1) is 16.6. The summed E-state index contributed by atoms with van der Waals surface area (Å²) in [6.45, 7) is 4.09. The number of aliphatic carboxylic acids is 1.